The fourth-order valence-electron chi connectivity index (χ4n) is 0.299. The van der Waals surface area contributed by atoms with Crippen LogP contribution in [0.4, 0.5) is 38.4 Å². The fraction of sp³-hybridized carbons (Fsp3) is 0.333. The second-order valence-corrected chi connectivity index (χ2v) is 3.54. The Balaban J connectivity index is -0.0000000960. The van der Waals surface area contributed by atoms with Gasteiger partial charge in [0.2, 0.25) is 0 Å². The van der Waals surface area contributed by atoms with Crippen LogP contribution in [-0.4, -0.2) is 90.1 Å². The highest BCUT2D eigenvalue weighted by Crippen LogP contribution is 1.77. The minimum atomic E-state index is -1.81. The average Bonchev–Trinajstić information content (AvgIpc) is 2.51. The molecule has 0 unspecified atom stereocenters. The van der Waals surface area contributed by atoms with Gasteiger partial charge in [-0.25, -0.2) is 38.4 Å². The maximum Gasteiger partial charge on any atom is 0.516 e. The van der Waals surface area contributed by atoms with Crippen LogP contribution in [0.2, 0.25) is 0 Å². The van der Waals surface area contributed by atoms with E-state index in [1.54, 1.807) is 0 Å². The summed E-state index contributed by atoms with van der Waals surface area (Å²) >= 11 is 0. The highest BCUT2D eigenvalue weighted by Gasteiger charge is 2.03. The Bertz CT molecular complexity index is 466. The van der Waals surface area contributed by atoms with E-state index >= 15 is 0 Å². The van der Waals surface area contributed by atoms with E-state index < -0.39 is 49.2 Å². The summed E-state index contributed by atoms with van der Waals surface area (Å²) < 4.78 is 12.3. The molecule has 0 aromatic heterocycles. The highest BCUT2D eigenvalue weighted by atomic mass is 16.8. The van der Waals surface area contributed by atoms with Crippen LogP contribution in [0.5, 0.6) is 0 Å². The van der Waals surface area contributed by atoms with Crippen molar-refractivity contribution in [2.24, 2.45) is 0 Å². The number of carboxylic acid groups (broad SMARTS) is 8. The van der Waals surface area contributed by atoms with Gasteiger partial charge in [-0.1, -0.05) is 26.7 Å². The van der Waals surface area contributed by atoms with E-state index in [1.807, 2.05) is 0 Å². The van der Waals surface area contributed by atoms with E-state index in [1.165, 1.54) is 12.8 Å². The Hall–Kier alpha value is -5.04. The van der Waals surface area contributed by atoms with Gasteiger partial charge in [0, 0.05) is 0 Å². The summed E-state index contributed by atoms with van der Waals surface area (Å²) in [5.74, 6) is 0. The van der Waals surface area contributed by atoms with Crippen molar-refractivity contribution in [3.8, 4) is 0 Å². The van der Waals surface area contributed by atoms with Crippen LogP contribution in [0, 0.1) is 0 Å². The smallest absolute Gasteiger partial charge is 0.449 e. The molecule has 0 aliphatic rings. The van der Waals surface area contributed by atoms with Crippen LogP contribution in [-0.2, 0) is 18.9 Å². The van der Waals surface area contributed by atoms with Crippen molar-refractivity contribution < 1.29 is 98.2 Å². The average molecular weight is 482 g/mol. The van der Waals surface area contributed by atoms with Crippen molar-refractivity contribution in [2.45, 2.75) is 26.7 Å². The molecule has 0 radical (unpaired) electrons. The lowest BCUT2D eigenvalue weighted by molar-refractivity contribution is 0.0776. The first kappa shape index (κ1) is 37.7. The summed E-state index contributed by atoms with van der Waals surface area (Å²) in [7, 11) is 0. The zero-order valence-electron chi connectivity index (χ0n) is 15.9. The van der Waals surface area contributed by atoms with Gasteiger partial charge < -0.3 is 59.8 Å². The molecule has 186 valence electrons. The van der Waals surface area contributed by atoms with Crippen molar-refractivity contribution in [2.75, 3.05) is 0 Å². The maximum atomic E-state index is 9.21. The van der Waals surface area contributed by atoms with E-state index in [0.717, 1.165) is 0 Å². The van der Waals surface area contributed by atoms with Crippen LogP contribution in [0.1, 0.15) is 26.7 Å². The standard InChI is InChI=1S/C4H10.4C2H2O5/c1-3-4-2;4*3-1(4)7-2(5)6/h3-4H2,1-2H3;4*(H,3,4)(H,5,6). The van der Waals surface area contributed by atoms with Gasteiger partial charge in [0.05, 0.1) is 0 Å². The summed E-state index contributed by atoms with van der Waals surface area (Å²) in [4.78, 5) is 73.7. The number of hydrogen-bond donors (Lipinski definition) is 8. The summed E-state index contributed by atoms with van der Waals surface area (Å²) in [5.41, 5.74) is 0. The Morgan fingerprint density at radius 3 is 0.469 bits per heavy atom. The molecule has 0 saturated carbocycles. The van der Waals surface area contributed by atoms with Crippen LogP contribution in [0.25, 0.3) is 0 Å². The third-order valence-corrected chi connectivity index (χ3v) is 1.20. The van der Waals surface area contributed by atoms with Gasteiger partial charge in [-0.05, 0) is 0 Å². The van der Waals surface area contributed by atoms with Crippen LogP contribution >= 0.6 is 0 Å². The molecule has 0 aromatic rings. The molecule has 0 fully saturated rings. The zero-order valence-corrected chi connectivity index (χ0v) is 15.9. The van der Waals surface area contributed by atoms with Crippen molar-refractivity contribution in [3.63, 3.8) is 0 Å². The number of rotatable bonds is 1. The number of carbonyl (C=O) groups is 8. The predicted octanol–water partition coefficient (Wildman–Crippen LogP) is 3.24. The molecule has 0 spiro atoms. The van der Waals surface area contributed by atoms with Crippen molar-refractivity contribution in [1.29, 1.82) is 0 Å². The number of hydrogen-bond acceptors (Lipinski definition) is 12. The largest absolute Gasteiger partial charge is 0.516 e. The summed E-state index contributed by atoms with van der Waals surface area (Å²) in [6.07, 6.45) is -11.9. The van der Waals surface area contributed by atoms with Gasteiger partial charge in [0.15, 0.2) is 0 Å². The number of ether oxygens (including phenoxy) is 4. The molecule has 0 saturated heterocycles. The monoisotopic (exact) mass is 482 g/mol. The second kappa shape index (κ2) is 26.0. The Kier molecular flexibility index (Phi) is 30.6. The lowest BCUT2D eigenvalue weighted by Crippen LogP contribution is -2.05. The van der Waals surface area contributed by atoms with Crippen LogP contribution in [0.15, 0.2) is 0 Å². The Labute approximate surface area is 175 Å². The molecule has 0 rings (SSSR count). The third-order valence-electron chi connectivity index (χ3n) is 1.20. The molecule has 32 heavy (non-hydrogen) atoms. The summed E-state index contributed by atoms with van der Waals surface area (Å²) in [6, 6.07) is 0. The zero-order chi connectivity index (χ0) is 26.9. The van der Waals surface area contributed by atoms with Gasteiger partial charge in [-0.15, -0.1) is 0 Å². The van der Waals surface area contributed by atoms with Crippen molar-refractivity contribution >= 4 is 49.2 Å². The lowest BCUT2D eigenvalue weighted by Gasteiger charge is -1.84. The van der Waals surface area contributed by atoms with E-state index in [-0.39, 0.29) is 0 Å². The van der Waals surface area contributed by atoms with E-state index in [0.29, 0.717) is 0 Å². The molecule has 0 bridgehead atoms. The third kappa shape index (κ3) is 100. The molecule has 8 N–H and O–H groups in total. The summed E-state index contributed by atoms with van der Waals surface area (Å²) in [5, 5.41) is 59.8. The molecular formula is C12H18O20. The first-order chi connectivity index (χ1) is 14.4. The first-order valence-electron chi connectivity index (χ1n) is 6.97. The van der Waals surface area contributed by atoms with Crippen molar-refractivity contribution in [1.82, 2.24) is 0 Å². The SMILES string of the molecule is CCCC.O=C(O)OC(=O)O.O=C(O)OC(=O)O.O=C(O)OC(=O)O.O=C(O)OC(=O)O. The van der Waals surface area contributed by atoms with Gasteiger partial charge >= 0.3 is 49.2 Å². The second-order valence-electron chi connectivity index (χ2n) is 3.54. The molecule has 20 heteroatoms. The van der Waals surface area contributed by atoms with Gasteiger partial charge in [0.25, 0.3) is 0 Å². The lowest BCUT2D eigenvalue weighted by atomic mass is 10.4. The molecule has 20 nitrogen and oxygen atoms in total. The summed E-state index contributed by atoms with van der Waals surface area (Å²) in [6.45, 7) is 4.36. The van der Waals surface area contributed by atoms with E-state index in [9.17, 15) is 38.4 Å². The number of unbranched alkanes of at least 4 members (excludes halogenated alkanes) is 1. The fourth-order valence-corrected chi connectivity index (χ4v) is 0.299. The molecule has 0 aromatic carbocycles. The molecule has 0 aliphatic heterocycles. The van der Waals surface area contributed by atoms with Gasteiger partial charge in [-0.3, -0.25) is 0 Å². The molecule has 0 heterocycles. The molecule has 0 amide bonds. The van der Waals surface area contributed by atoms with E-state index in [2.05, 4.69) is 32.8 Å². The van der Waals surface area contributed by atoms with Crippen LogP contribution < -0.4 is 0 Å². The van der Waals surface area contributed by atoms with E-state index in [4.69, 9.17) is 40.9 Å². The highest BCUT2D eigenvalue weighted by molar-refractivity contribution is 5.75. The molecule has 0 aliphatic carbocycles. The topological polar surface area (TPSA) is 335 Å². The van der Waals surface area contributed by atoms with Gasteiger partial charge in [-0.2, -0.15) is 0 Å². The molecule has 0 atom stereocenters. The first-order valence-corrected chi connectivity index (χ1v) is 6.97. The normalized spacial score (nSPS) is 7.44. The van der Waals surface area contributed by atoms with Crippen LogP contribution in [0.3, 0.4) is 0 Å². The minimum absolute atomic E-state index is 1.32. The van der Waals surface area contributed by atoms with Crippen molar-refractivity contribution in [3.05, 3.63) is 0 Å². The molecular weight excluding hydrogens is 464 g/mol. The maximum absolute atomic E-state index is 9.21. The quantitative estimate of drug-likeness (QED) is 0.151. The van der Waals surface area contributed by atoms with Gasteiger partial charge in [0.1, 0.15) is 0 Å². The Morgan fingerprint density at radius 2 is 0.469 bits per heavy atom. The minimum Gasteiger partial charge on any atom is -0.449 e. The Morgan fingerprint density at radius 1 is 0.375 bits per heavy atom. The predicted molar refractivity (Wildman–Crippen MR) is 89.1 cm³/mol.